The molecule has 7 rings (SSSR count). The number of hydrogen-bond acceptors (Lipinski definition) is 10. The number of likely N-dealkylation sites (tertiary alicyclic amines) is 1. The number of carbonyl (C=O) groups is 4. The van der Waals surface area contributed by atoms with Gasteiger partial charge in [-0.25, -0.2) is 19.7 Å². The van der Waals surface area contributed by atoms with Crippen LogP contribution in [0, 0.1) is 5.92 Å². The number of aromatic nitrogens is 5. The number of methoxy groups -OCH3 is 1. The van der Waals surface area contributed by atoms with Crippen LogP contribution < -0.4 is 20.3 Å². The number of H-pyrrole nitrogens is 2. The molecule has 2 fully saturated rings. The summed E-state index contributed by atoms with van der Waals surface area (Å²) in [5.41, 5.74) is 2.06. The van der Waals surface area contributed by atoms with Gasteiger partial charge in [0.2, 0.25) is 5.91 Å². The van der Waals surface area contributed by atoms with Crippen LogP contribution in [0.2, 0.25) is 5.02 Å². The Labute approximate surface area is 365 Å². The molecule has 332 valence electrons. The number of carbonyl (C=O) groups excluding carboxylic acids is 4. The molecule has 4 amide bonds. The fourth-order valence-corrected chi connectivity index (χ4v) is 8.11. The molecule has 4 atom stereocenters. The molecule has 20 heteroatoms. The van der Waals surface area contributed by atoms with Crippen molar-refractivity contribution in [2.45, 2.75) is 71.1 Å². The number of piperazine rings is 1. The summed E-state index contributed by atoms with van der Waals surface area (Å²) < 4.78 is 50.5. The summed E-state index contributed by atoms with van der Waals surface area (Å²) >= 11 is 6.60. The SMILES string of the molecule is COC(=O)N[C@H](C(=O)N1CCC[C@H]1c1ncc(-c2ccc(-c3cc(Cl)c(NC(=O)c4ccc(N5C[C@H](C)N(C(=O)c6cnc[nH]6)C[C@H]5C)nc4)cc3OC(F)(F)F)cc2)[nH]1)C(C)C. The van der Waals surface area contributed by atoms with Crippen molar-refractivity contribution in [2.75, 3.05) is 37.0 Å². The first-order valence-corrected chi connectivity index (χ1v) is 20.6. The largest absolute Gasteiger partial charge is 0.573 e. The molecule has 0 bridgehead atoms. The maximum atomic E-state index is 13.8. The van der Waals surface area contributed by atoms with Crippen LogP contribution in [0.1, 0.15) is 73.2 Å². The van der Waals surface area contributed by atoms with Crippen molar-refractivity contribution in [3.8, 4) is 28.1 Å². The highest BCUT2D eigenvalue weighted by Crippen LogP contribution is 2.41. The Hall–Kier alpha value is -6.63. The fourth-order valence-electron chi connectivity index (χ4n) is 7.90. The molecule has 63 heavy (non-hydrogen) atoms. The molecule has 0 aliphatic carbocycles. The summed E-state index contributed by atoms with van der Waals surface area (Å²) in [6, 6.07) is 10.7. The van der Waals surface area contributed by atoms with E-state index in [4.69, 9.17) is 16.3 Å². The standard InChI is InChI=1S/C43H46ClF3N10O6/c1-23(2)37(54-42(61)62-5)41(60)55-14-6-7-34(55)38-50-19-32(52-38)27-10-8-26(9-11-27)29-15-30(44)31(16-35(29)63-43(45,46)47)53-39(58)28-12-13-36(49-17-28)56-20-25(4)57(21-24(56)3)40(59)33-18-48-22-51-33/h8-13,15-19,22-25,34,37H,6-7,14,20-21H2,1-5H3,(H,48,51)(H,50,52)(H,53,58)(H,54,61)/t24-,25+,34+,37+/m1/s1. The first-order chi connectivity index (χ1) is 30.0. The highest BCUT2D eigenvalue weighted by atomic mass is 35.5. The van der Waals surface area contributed by atoms with Crippen molar-refractivity contribution < 1.29 is 41.8 Å². The number of aromatic amines is 2. The van der Waals surface area contributed by atoms with Crippen molar-refractivity contribution in [2.24, 2.45) is 5.92 Å². The predicted octanol–water partition coefficient (Wildman–Crippen LogP) is 7.45. The summed E-state index contributed by atoms with van der Waals surface area (Å²) in [6.45, 7) is 8.95. The van der Waals surface area contributed by atoms with Gasteiger partial charge in [0.05, 0.1) is 53.8 Å². The van der Waals surface area contributed by atoms with E-state index in [9.17, 15) is 32.3 Å². The summed E-state index contributed by atoms with van der Waals surface area (Å²) in [5.74, 6) is -0.716. The Balaban J connectivity index is 1.04. The van der Waals surface area contributed by atoms with Gasteiger partial charge in [0.1, 0.15) is 29.1 Å². The third-order valence-corrected chi connectivity index (χ3v) is 11.5. The van der Waals surface area contributed by atoms with E-state index in [-0.39, 0.29) is 57.7 Å². The van der Waals surface area contributed by atoms with Crippen molar-refractivity contribution in [1.29, 1.82) is 0 Å². The predicted molar refractivity (Wildman–Crippen MR) is 227 cm³/mol. The van der Waals surface area contributed by atoms with E-state index in [0.717, 1.165) is 12.5 Å². The molecular weight excluding hydrogens is 845 g/mol. The molecule has 2 aliphatic rings. The molecule has 5 heterocycles. The molecule has 0 unspecified atom stereocenters. The number of benzene rings is 2. The Morgan fingerprint density at radius 2 is 1.68 bits per heavy atom. The van der Waals surface area contributed by atoms with Gasteiger partial charge in [-0.05, 0) is 61.9 Å². The lowest BCUT2D eigenvalue weighted by Crippen LogP contribution is -2.58. The van der Waals surface area contributed by atoms with Gasteiger partial charge in [0.15, 0.2) is 0 Å². The van der Waals surface area contributed by atoms with Crippen LogP contribution in [0.3, 0.4) is 0 Å². The number of pyridine rings is 1. The second kappa shape index (κ2) is 18.4. The lowest BCUT2D eigenvalue weighted by Gasteiger charge is -2.44. The minimum Gasteiger partial charge on any atom is -0.453 e. The quantitative estimate of drug-likeness (QED) is 0.104. The van der Waals surface area contributed by atoms with Gasteiger partial charge in [-0.15, -0.1) is 13.2 Å². The molecule has 2 aromatic carbocycles. The first kappa shape index (κ1) is 44.4. The molecule has 3 aromatic heterocycles. The minimum absolute atomic E-state index is 0.0216. The van der Waals surface area contributed by atoms with Crippen LogP contribution >= 0.6 is 11.6 Å². The van der Waals surface area contributed by atoms with E-state index >= 15 is 0 Å². The number of halogens is 4. The van der Waals surface area contributed by atoms with Crippen LogP contribution in [0.25, 0.3) is 22.4 Å². The minimum atomic E-state index is -5.07. The zero-order valence-electron chi connectivity index (χ0n) is 35.0. The molecule has 0 saturated carbocycles. The van der Waals surface area contributed by atoms with Crippen LogP contribution in [0.5, 0.6) is 5.75 Å². The van der Waals surface area contributed by atoms with Crippen LogP contribution in [0.15, 0.2) is 73.4 Å². The molecule has 0 radical (unpaired) electrons. The van der Waals surface area contributed by atoms with Crippen molar-refractivity contribution in [1.82, 2.24) is 40.0 Å². The van der Waals surface area contributed by atoms with Gasteiger partial charge >= 0.3 is 12.5 Å². The topological polar surface area (TPSA) is 191 Å². The number of nitrogens with one attached hydrogen (secondary N) is 4. The van der Waals surface area contributed by atoms with Crippen LogP contribution in [0.4, 0.5) is 29.5 Å². The summed E-state index contributed by atoms with van der Waals surface area (Å²) in [4.78, 5) is 76.5. The molecule has 16 nitrogen and oxygen atoms in total. The van der Waals surface area contributed by atoms with Crippen molar-refractivity contribution in [3.05, 3.63) is 95.6 Å². The first-order valence-electron chi connectivity index (χ1n) is 20.2. The number of amides is 4. The Morgan fingerprint density at radius 3 is 2.33 bits per heavy atom. The Bertz CT molecular complexity index is 2450. The number of imidazole rings is 2. The van der Waals surface area contributed by atoms with Crippen molar-refractivity contribution in [3.63, 3.8) is 0 Å². The van der Waals surface area contributed by atoms with E-state index in [1.54, 1.807) is 52.4 Å². The fraction of sp³-hybridized carbons (Fsp3) is 0.372. The van der Waals surface area contributed by atoms with E-state index in [1.165, 1.54) is 31.9 Å². The smallest absolute Gasteiger partial charge is 0.453 e. The second-order valence-electron chi connectivity index (χ2n) is 15.8. The summed E-state index contributed by atoms with van der Waals surface area (Å²) in [6.07, 6.45) is 1.53. The Morgan fingerprint density at radius 1 is 0.937 bits per heavy atom. The van der Waals surface area contributed by atoms with Gasteiger partial charge in [-0.1, -0.05) is 49.7 Å². The van der Waals surface area contributed by atoms with Gasteiger partial charge in [-0.2, -0.15) is 0 Å². The third-order valence-electron chi connectivity index (χ3n) is 11.2. The average molecular weight is 891 g/mol. The molecule has 2 aliphatic heterocycles. The number of alkyl carbamates (subject to hydrolysis) is 1. The lowest BCUT2D eigenvalue weighted by molar-refractivity contribution is -0.274. The van der Waals surface area contributed by atoms with Gasteiger partial charge in [-0.3, -0.25) is 14.4 Å². The van der Waals surface area contributed by atoms with E-state index in [0.29, 0.717) is 60.2 Å². The maximum Gasteiger partial charge on any atom is 0.573 e. The molecule has 2 saturated heterocycles. The zero-order valence-corrected chi connectivity index (χ0v) is 35.8. The number of alkyl halides is 3. The van der Waals surface area contributed by atoms with Gasteiger partial charge in [0.25, 0.3) is 11.8 Å². The van der Waals surface area contributed by atoms with E-state index in [1.807, 2.05) is 32.6 Å². The zero-order chi connectivity index (χ0) is 45.2. The summed E-state index contributed by atoms with van der Waals surface area (Å²) in [7, 11) is 1.23. The normalized spacial score (nSPS) is 18.3. The van der Waals surface area contributed by atoms with Crippen molar-refractivity contribution >= 4 is 46.9 Å². The number of rotatable bonds is 11. The van der Waals surface area contributed by atoms with E-state index < -0.39 is 30.2 Å². The summed E-state index contributed by atoms with van der Waals surface area (Å²) in [5, 5.41) is 5.17. The Kier molecular flexibility index (Phi) is 13.0. The number of nitrogens with zero attached hydrogens (tertiary/aromatic N) is 6. The van der Waals surface area contributed by atoms with Gasteiger partial charge in [0, 0.05) is 49.5 Å². The number of hydrogen-bond donors (Lipinski definition) is 4. The molecule has 4 N–H and O–H groups in total. The van der Waals surface area contributed by atoms with Gasteiger partial charge < -0.3 is 44.8 Å². The maximum absolute atomic E-state index is 13.8. The molecular formula is C43H46ClF3N10O6. The van der Waals surface area contributed by atoms with E-state index in [2.05, 4.69) is 40.3 Å². The molecule has 5 aromatic rings. The monoisotopic (exact) mass is 890 g/mol. The second-order valence-corrected chi connectivity index (χ2v) is 16.2. The van der Waals surface area contributed by atoms with Crippen LogP contribution in [-0.4, -0.2) is 110 Å². The average Bonchev–Trinajstić information content (AvgIpc) is 4.07. The highest BCUT2D eigenvalue weighted by molar-refractivity contribution is 6.34. The third kappa shape index (κ3) is 9.88. The highest BCUT2D eigenvalue weighted by Gasteiger charge is 2.38. The number of ether oxygens (including phenoxy) is 2. The van der Waals surface area contributed by atoms with Crippen LogP contribution in [-0.2, 0) is 9.53 Å². The molecule has 0 spiro atoms. The lowest BCUT2D eigenvalue weighted by atomic mass is 10.0. The number of anilines is 2.